The van der Waals surface area contributed by atoms with Crippen LogP contribution in [0.15, 0.2) is 48.5 Å². The predicted octanol–water partition coefficient (Wildman–Crippen LogP) is 5.87. The second kappa shape index (κ2) is 5.43. The second-order valence-electron chi connectivity index (χ2n) is 4.68. The van der Waals surface area contributed by atoms with Crippen molar-refractivity contribution in [1.29, 1.82) is 0 Å². The Morgan fingerprint density at radius 1 is 1.15 bits per heavy atom. The first-order valence-corrected chi connectivity index (χ1v) is 7.53. The van der Waals surface area contributed by atoms with Gasteiger partial charge in [-0.15, -0.1) is 11.3 Å². The lowest BCUT2D eigenvalue weighted by Gasteiger charge is -2.14. The fraction of sp³-hybridized carbons (Fsp3) is 0.125. The van der Waals surface area contributed by atoms with Crippen LogP contribution in [0.2, 0.25) is 5.02 Å². The zero-order valence-electron chi connectivity index (χ0n) is 10.9. The van der Waals surface area contributed by atoms with Crippen LogP contribution in [0.3, 0.4) is 0 Å². The molecular formula is C16H13ClFNS. The third kappa shape index (κ3) is 2.65. The molecular weight excluding hydrogens is 293 g/mol. The summed E-state index contributed by atoms with van der Waals surface area (Å²) < 4.78 is 14.5. The lowest BCUT2D eigenvalue weighted by atomic mass is 10.2. The van der Waals surface area contributed by atoms with E-state index in [1.165, 1.54) is 27.1 Å². The number of thiophene rings is 1. The Balaban J connectivity index is 1.88. The molecule has 0 aliphatic rings. The van der Waals surface area contributed by atoms with E-state index in [9.17, 15) is 4.39 Å². The van der Waals surface area contributed by atoms with Gasteiger partial charge in [-0.05, 0) is 42.6 Å². The standard InChI is InChI=1S/C16H13ClFNS/c1-10(19-14-9-12(18)6-7-13(14)17)16-8-11-4-2-3-5-15(11)20-16/h2-10,19H,1H3. The number of rotatable bonds is 3. The fourth-order valence-electron chi connectivity index (χ4n) is 2.13. The zero-order chi connectivity index (χ0) is 14.1. The molecule has 1 nitrogen and oxygen atoms in total. The van der Waals surface area contributed by atoms with Gasteiger partial charge in [-0.1, -0.05) is 29.8 Å². The van der Waals surface area contributed by atoms with Gasteiger partial charge in [0.05, 0.1) is 16.8 Å². The van der Waals surface area contributed by atoms with E-state index in [2.05, 4.69) is 23.5 Å². The monoisotopic (exact) mass is 305 g/mol. The van der Waals surface area contributed by atoms with Gasteiger partial charge in [0, 0.05) is 9.58 Å². The summed E-state index contributed by atoms with van der Waals surface area (Å²) in [5, 5.41) is 5.02. The van der Waals surface area contributed by atoms with E-state index in [1.807, 2.05) is 19.1 Å². The first-order chi connectivity index (χ1) is 9.63. The average Bonchev–Trinajstić information content (AvgIpc) is 2.87. The Morgan fingerprint density at radius 3 is 2.75 bits per heavy atom. The lowest BCUT2D eigenvalue weighted by Crippen LogP contribution is -2.05. The van der Waals surface area contributed by atoms with Gasteiger partial charge in [-0.3, -0.25) is 0 Å². The molecule has 1 N–H and O–H groups in total. The predicted molar refractivity (Wildman–Crippen MR) is 85.3 cm³/mol. The molecule has 0 bridgehead atoms. The van der Waals surface area contributed by atoms with Gasteiger partial charge < -0.3 is 5.32 Å². The first-order valence-electron chi connectivity index (χ1n) is 6.33. The van der Waals surface area contributed by atoms with Crippen LogP contribution < -0.4 is 5.32 Å². The van der Waals surface area contributed by atoms with Gasteiger partial charge in [0.2, 0.25) is 0 Å². The van der Waals surface area contributed by atoms with E-state index in [-0.39, 0.29) is 11.9 Å². The van der Waals surface area contributed by atoms with Crippen molar-refractivity contribution in [3.63, 3.8) is 0 Å². The van der Waals surface area contributed by atoms with Crippen molar-refractivity contribution >= 4 is 38.7 Å². The van der Waals surface area contributed by atoms with Crippen LogP contribution in [0.25, 0.3) is 10.1 Å². The van der Waals surface area contributed by atoms with Gasteiger partial charge in [-0.2, -0.15) is 0 Å². The molecule has 0 spiro atoms. The Morgan fingerprint density at radius 2 is 1.95 bits per heavy atom. The summed E-state index contributed by atoms with van der Waals surface area (Å²) in [4.78, 5) is 1.20. The van der Waals surface area contributed by atoms with Crippen molar-refractivity contribution < 1.29 is 4.39 Å². The van der Waals surface area contributed by atoms with Gasteiger partial charge in [-0.25, -0.2) is 4.39 Å². The summed E-state index contributed by atoms with van der Waals surface area (Å²) in [6, 6.07) is 14.8. The summed E-state index contributed by atoms with van der Waals surface area (Å²) in [5.74, 6) is -0.291. The Kier molecular flexibility index (Phi) is 3.64. The van der Waals surface area contributed by atoms with E-state index in [0.29, 0.717) is 10.7 Å². The minimum absolute atomic E-state index is 0.0756. The molecule has 0 fully saturated rings. The van der Waals surface area contributed by atoms with Gasteiger partial charge in [0.15, 0.2) is 0 Å². The van der Waals surface area contributed by atoms with E-state index in [0.717, 1.165) is 0 Å². The highest BCUT2D eigenvalue weighted by Gasteiger charge is 2.11. The van der Waals surface area contributed by atoms with Gasteiger partial charge in [0.25, 0.3) is 0 Å². The molecule has 3 aromatic rings. The maximum Gasteiger partial charge on any atom is 0.125 e. The number of nitrogens with one attached hydrogen (secondary N) is 1. The summed E-state index contributed by atoms with van der Waals surface area (Å²) in [6.45, 7) is 2.05. The van der Waals surface area contributed by atoms with Crippen LogP contribution in [0.1, 0.15) is 17.8 Å². The van der Waals surface area contributed by atoms with Crippen LogP contribution >= 0.6 is 22.9 Å². The molecule has 0 saturated carbocycles. The number of hydrogen-bond donors (Lipinski definition) is 1. The zero-order valence-corrected chi connectivity index (χ0v) is 12.4. The van der Waals surface area contributed by atoms with E-state index >= 15 is 0 Å². The quantitative estimate of drug-likeness (QED) is 0.638. The van der Waals surface area contributed by atoms with Gasteiger partial charge in [0.1, 0.15) is 5.82 Å². The summed E-state index contributed by atoms with van der Waals surface area (Å²) in [7, 11) is 0. The third-order valence-electron chi connectivity index (χ3n) is 3.17. The number of anilines is 1. The van der Waals surface area contributed by atoms with Crippen LogP contribution in [-0.2, 0) is 0 Å². The van der Waals surface area contributed by atoms with E-state index in [4.69, 9.17) is 11.6 Å². The van der Waals surface area contributed by atoms with Crippen molar-refractivity contribution in [3.8, 4) is 0 Å². The fourth-order valence-corrected chi connectivity index (χ4v) is 3.37. The van der Waals surface area contributed by atoms with Crippen LogP contribution in [0, 0.1) is 5.82 Å². The molecule has 2 aromatic carbocycles. The lowest BCUT2D eigenvalue weighted by molar-refractivity contribution is 0.628. The molecule has 3 rings (SSSR count). The Bertz CT molecular complexity index is 720. The maximum absolute atomic E-state index is 13.3. The molecule has 20 heavy (non-hydrogen) atoms. The molecule has 1 atom stereocenters. The topological polar surface area (TPSA) is 12.0 Å². The second-order valence-corrected chi connectivity index (χ2v) is 6.20. The molecule has 1 unspecified atom stereocenters. The molecule has 1 aromatic heterocycles. The highest BCUT2D eigenvalue weighted by molar-refractivity contribution is 7.19. The molecule has 0 aliphatic carbocycles. The Hall–Kier alpha value is -1.58. The molecule has 0 saturated heterocycles. The van der Waals surface area contributed by atoms with Crippen molar-refractivity contribution in [2.24, 2.45) is 0 Å². The molecule has 0 aliphatic heterocycles. The highest BCUT2D eigenvalue weighted by Crippen LogP contribution is 2.33. The molecule has 1 heterocycles. The van der Waals surface area contributed by atoms with E-state index < -0.39 is 0 Å². The summed E-state index contributed by atoms with van der Waals surface area (Å²) in [6.07, 6.45) is 0. The van der Waals surface area contributed by atoms with Crippen molar-refractivity contribution in [2.45, 2.75) is 13.0 Å². The summed E-state index contributed by atoms with van der Waals surface area (Å²) in [5.41, 5.74) is 0.622. The SMILES string of the molecule is CC(Nc1cc(F)ccc1Cl)c1cc2ccccc2s1. The van der Waals surface area contributed by atoms with Crippen LogP contribution in [-0.4, -0.2) is 0 Å². The smallest absolute Gasteiger partial charge is 0.125 e. The van der Waals surface area contributed by atoms with Crippen LogP contribution in [0.5, 0.6) is 0 Å². The maximum atomic E-state index is 13.3. The third-order valence-corrected chi connectivity index (χ3v) is 4.80. The molecule has 0 radical (unpaired) electrons. The number of halogens is 2. The van der Waals surface area contributed by atoms with Crippen molar-refractivity contribution in [2.75, 3.05) is 5.32 Å². The number of benzene rings is 2. The van der Waals surface area contributed by atoms with Crippen LogP contribution in [0.4, 0.5) is 10.1 Å². The number of fused-ring (bicyclic) bond motifs is 1. The molecule has 4 heteroatoms. The minimum Gasteiger partial charge on any atom is -0.376 e. The molecule has 0 amide bonds. The average molecular weight is 306 g/mol. The minimum atomic E-state index is -0.291. The first kappa shape index (κ1) is 13.4. The normalized spacial score (nSPS) is 12.6. The van der Waals surface area contributed by atoms with Crippen molar-refractivity contribution in [1.82, 2.24) is 0 Å². The summed E-state index contributed by atoms with van der Waals surface area (Å²) >= 11 is 7.82. The molecule has 102 valence electrons. The van der Waals surface area contributed by atoms with Gasteiger partial charge >= 0.3 is 0 Å². The highest BCUT2D eigenvalue weighted by atomic mass is 35.5. The largest absolute Gasteiger partial charge is 0.376 e. The van der Waals surface area contributed by atoms with Crippen molar-refractivity contribution in [3.05, 3.63) is 64.2 Å². The van der Waals surface area contributed by atoms with E-state index in [1.54, 1.807) is 17.4 Å². The number of hydrogen-bond acceptors (Lipinski definition) is 2. The Labute approximate surface area is 126 Å².